The molecule has 2 aromatic carbocycles. The molecule has 3 aromatic rings. The summed E-state index contributed by atoms with van der Waals surface area (Å²) in [7, 11) is 0. The van der Waals surface area contributed by atoms with Crippen molar-refractivity contribution in [2.75, 3.05) is 17.7 Å². The highest BCUT2D eigenvalue weighted by Gasteiger charge is 2.31. The fourth-order valence-corrected chi connectivity index (χ4v) is 3.64. The molecule has 0 spiro atoms. The Labute approximate surface area is 156 Å². The lowest BCUT2D eigenvalue weighted by atomic mass is 9.93. The van der Waals surface area contributed by atoms with E-state index in [9.17, 15) is 0 Å². The average molecular weight is 370 g/mol. The van der Waals surface area contributed by atoms with Gasteiger partial charge in [-0.1, -0.05) is 41.9 Å². The number of nitrogens with zero attached hydrogens (tertiary/aromatic N) is 3. The molecular formula is C19H20ClN5O. The fourth-order valence-electron chi connectivity index (χ4n) is 3.38. The van der Waals surface area contributed by atoms with Gasteiger partial charge in [0.05, 0.1) is 18.7 Å². The molecule has 0 saturated carbocycles. The van der Waals surface area contributed by atoms with E-state index < -0.39 is 0 Å². The van der Waals surface area contributed by atoms with Crippen molar-refractivity contribution in [3.8, 4) is 5.75 Å². The highest BCUT2D eigenvalue weighted by molar-refractivity contribution is 6.31. The number of hydrogen-bond acceptors (Lipinski definition) is 5. The topological polar surface area (TPSA) is 78.0 Å². The summed E-state index contributed by atoms with van der Waals surface area (Å²) in [6.45, 7) is 2.63. The summed E-state index contributed by atoms with van der Waals surface area (Å²) in [5.74, 6) is 1.76. The molecule has 0 aliphatic carbocycles. The molecule has 7 heteroatoms. The zero-order valence-corrected chi connectivity index (χ0v) is 15.1. The van der Waals surface area contributed by atoms with E-state index in [4.69, 9.17) is 22.1 Å². The predicted octanol–water partition coefficient (Wildman–Crippen LogP) is 4.06. The molecule has 1 aromatic heterocycles. The summed E-state index contributed by atoms with van der Waals surface area (Å²) in [6.07, 6.45) is 0.785. The van der Waals surface area contributed by atoms with E-state index in [2.05, 4.69) is 27.5 Å². The van der Waals surface area contributed by atoms with Crippen molar-refractivity contribution in [2.45, 2.75) is 25.4 Å². The van der Waals surface area contributed by atoms with Crippen molar-refractivity contribution >= 4 is 23.5 Å². The van der Waals surface area contributed by atoms with Crippen molar-refractivity contribution in [1.82, 2.24) is 14.8 Å². The number of nitrogens with one attached hydrogen (secondary N) is 1. The fraction of sp³-hybridized carbons (Fsp3) is 0.263. The van der Waals surface area contributed by atoms with Crippen molar-refractivity contribution < 1.29 is 4.74 Å². The van der Waals surface area contributed by atoms with Gasteiger partial charge in [-0.25, -0.2) is 4.68 Å². The van der Waals surface area contributed by atoms with Crippen LogP contribution in [0.1, 0.15) is 36.6 Å². The van der Waals surface area contributed by atoms with Crippen molar-refractivity contribution in [3.63, 3.8) is 0 Å². The molecule has 1 aliphatic rings. The van der Waals surface area contributed by atoms with Crippen LogP contribution in [-0.2, 0) is 0 Å². The number of rotatable bonds is 4. The maximum absolute atomic E-state index is 6.45. The van der Waals surface area contributed by atoms with Crippen LogP contribution >= 0.6 is 11.6 Å². The van der Waals surface area contributed by atoms with Crippen LogP contribution in [0, 0.1) is 0 Å². The third kappa shape index (κ3) is 3.08. The van der Waals surface area contributed by atoms with E-state index in [0.717, 1.165) is 23.3 Å². The third-order valence-corrected chi connectivity index (χ3v) is 4.91. The minimum absolute atomic E-state index is 0.0404. The van der Waals surface area contributed by atoms with Gasteiger partial charge in [0.2, 0.25) is 11.9 Å². The molecule has 0 unspecified atom stereocenters. The van der Waals surface area contributed by atoms with Crippen LogP contribution in [0.2, 0.25) is 5.02 Å². The molecule has 134 valence electrons. The number of anilines is 2. The van der Waals surface area contributed by atoms with Crippen LogP contribution in [0.3, 0.4) is 0 Å². The molecule has 2 heterocycles. The monoisotopic (exact) mass is 369 g/mol. The molecule has 0 bridgehead atoms. The first kappa shape index (κ1) is 16.7. The van der Waals surface area contributed by atoms with Gasteiger partial charge in [-0.05, 0) is 42.7 Å². The summed E-state index contributed by atoms with van der Waals surface area (Å²) in [6, 6.07) is 16.0. The molecule has 2 atom stereocenters. The van der Waals surface area contributed by atoms with E-state index in [1.165, 1.54) is 0 Å². The standard InChI is InChI=1S/C19H20ClN5O/c1-2-26-13-9-7-12(8-10-13)16-11-17(14-5-3-4-6-15(14)20)25-19(22-16)23-18(21)24-25/h3-10,16-17H,2,11H2,1H3,(H3,21,22,23,24)/t16-,17-/m0/s1. The zero-order valence-electron chi connectivity index (χ0n) is 14.4. The quantitative estimate of drug-likeness (QED) is 0.725. The number of nitrogens with two attached hydrogens (primary N) is 1. The summed E-state index contributed by atoms with van der Waals surface area (Å²) in [5.41, 5.74) is 8.00. The molecule has 4 rings (SSSR count). The number of benzene rings is 2. The van der Waals surface area contributed by atoms with Gasteiger partial charge in [0.1, 0.15) is 5.75 Å². The van der Waals surface area contributed by atoms with E-state index in [1.807, 2.05) is 48.0 Å². The van der Waals surface area contributed by atoms with E-state index in [-0.39, 0.29) is 18.0 Å². The largest absolute Gasteiger partial charge is 0.494 e. The van der Waals surface area contributed by atoms with E-state index in [1.54, 1.807) is 0 Å². The van der Waals surface area contributed by atoms with Crippen molar-refractivity contribution in [1.29, 1.82) is 0 Å². The molecule has 26 heavy (non-hydrogen) atoms. The summed E-state index contributed by atoms with van der Waals surface area (Å²) >= 11 is 6.45. The Morgan fingerprint density at radius 2 is 2.00 bits per heavy atom. The van der Waals surface area contributed by atoms with Gasteiger partial charge in [0.15, 0.2) is 0 Å². The first-order valence-electron chi connectivity index (χ1n) is 8.61. The molecule has 6 nitrogen and oxygen atoms in total. The summed E-state index contributed by atoms with van der Waals surface area (Å²) in [5, 5.41) is 8.50. The third-order valence-electron chi connectivity index (χ3n) is 4.56. The number of halogens is 1. The van der Waals surface area contributed by atoms with Gasteiger partial charge in [0.25, 0.3) is 0 Å². The molecule has 0 amide bonds. The zero-order chi connectivity index (χ0) is 18.1. The first-order chi connectivity index (χ1) is 12.7. The van der Waals surface area contributed by atoms with Crippen LogP contribution < -0.4 is 15.8 Å². The number of ether oxygens (including phenoxy) is 1. The predicted molar refractivity (Wildman–Crippen MR) is 103 cm³/mol. The van der Waals surface area contributed by atoms with Gasteiger partial charge >= 0.3 is 0 Å². The first-order valence-corrected chi connectivity index (χ1v) is 8.99. The maximum Gasteiger partial charge on any atom is 0.241 e. The number of aromatic nitrogens is 3. The Morgan fingerprint density at radius 3 is 2.73 bits per heavy atom. The van der Waals surface area contributed by atoms with Crippen LogP contribution in [0.5, 0.6) is 5.75 Å². The smallest absolute Gasteiger partial charge is 0.241 e. The minimum Gasteiger partial charge on any atom is -0.494 e. The molecular weight excluding hydrogens is 350 g/mol. The van der Waals surface area contributed by atoms with E-state index in [0.29, 0.717) is 17.6 Å². The van der Waals surface area contributed by atoms with Gasteiger partial charge in [-0.15, -0.1) is 5.10 Å². The molecule has 0 radical (unpaired) electrons. The van der Waals surface area contributed by atoms with Gasteiger partial charge in [-0.2, -0.15) is 4.98 Å². The van der Waals surface area contributed by atoms with Crippen LogP contribution in [0.15, 0.2) is 48.5 Å². The van der Waals surface area contributed by atoms with Crippen LogP contribution in [0.25, 0.3) is 0 Å². The molecule has 0 fully saturated rings. The lowest BCUT2D eigenvalue weighted by Gasteiger charge is -2.32. The lowest BCUT2D eigenvalue weighted by Crippen LogP contribution is -2.28. The van der Waals surface area contributed by atoms with Crippen molar-refractivity contribution in [3.05, 3.63) is 64.7 Å². The Balaban J connectivity index is 1.70. The minimum atomic E-state index is -0.0404. The second-order valence-corrected chi connectivity index (χ2v) is 6.62. The second-order valence-electron chi connectivity index (χ2n) is 6.21. The van der Waals surface area contributed by atoms with Gasteiger partial charge in [0, 0.05) is 5.02 Å². The molecule has 0 saturated heterocycles. The Morgan fingerprint density at radius 1 is 1.23 bits per heavy atom. The number of fused-ring (bicyclic) bond motifs is 1. The number of nitrogen functional groups attached to an aromatic ring is 1. The SMILES string of the molecule is CCOc1ccc([C@@H]2C[C@@H](c3ccccc3Cl)n3nc(N)nc3N2)cc1. The Bertz CT molecular complexity index is 909. The van der Waals surface area contributed by atoms with Crippen LogP contribution in [0.4, 0.5) is 11.9 Å². The van der Waals surface area contributed by atoms with Gasteiger partial charge in [-0.3, -0.25) is 0 Å². The van der Waals surface area contributed by atoms with Crippen molar-refractivity contribution in [2.24, 2.45) is 0 Å². The average Bonchev–Trinajstić information content (AvgIpc) is 3.02. The maximum atomic E-state index is 6.45. The lowest BCUT2D eigenvalue weighted by molar-refractivity contribution is 0.340. The summed E-state index contributed by atoms with van der Waals surface area (Å²) < 4.78 is 7.35. The number of hydrogen-bond donors (Lipinski definition) is 2. The highest BCUT2D eigenvalue weighted by Crippen LogP contribution is 2.40. The Kier molecular flexibility index (Phi) is 4.42. The molecule has 3 N–H and O–H groups in total. The van der Waals surface area contributed by atoms with E-state index >= 15 is 0 Å². The Hall–Kier alpha value is -2.73. The summed E-state index contributed by atoms with van der Waals surface area (Å²) in [4.78, 5) is 4.33. The molecule has 1 aliphatic heterocycles. The highest BCUT2D eigenvalue weighted by atomic mass is 35.5. The normalized spacial score (nSPS) is 18.8. The van der Waals surface area contributed by atoms with Gasteiger partial charge < -0.3 is 15.8 Å². The van der Waals surface area contributed by atoms with Crippen LogP contribution in [-0.4, -0.2) is 21.4 Å². The second kappa shape index (κ2) is 6.88.